The van der Waals surface area contributed by atoms with Crippen LogP contribution in [0.15, 0.2) is 12.1 Å². The van der Waals surface area contributed by atoms with Crippen LogP contribution in [0.25, 0.3) is 0 Å². The van der Waals surface area contributed by atoms with Crippen molar-refractivity contribution in [3.63, 3.8) is 0 Å². The van der Waals surface area contributed by atoms with Crippen LogP contribution in [0.3, 0.4) is 0 Å². The Morgan fingerprint density at radius 2 is 2.15 bits per heavy atom. The zero-order chi connectivity index (χ0) is 14.9. The maximum Gasteiger partial charge on any atom is 0.307 e. The summed E-state index contributed by atoms with van der Waals surface area (Å²) < 4.78 is 5.16. The van der Waals surface area contributed by atoms with Crippen molar-refractivity contribution in [3.05, 3.63) is 23.3 Å². The molecule has 1 fully saturated rings. The molecule has 1 heterocycles. The molecule has 1 saturated heterocycles. The predicted molar refractivity (Wildman–Crippen MR) is 75.2 cm³/mol. The van der Waals surface area contributed by atoms with Crippen molar-refractivity contribution in [2.24, 2.45) is 5.92 Å². The number of ether oxygens (including phenoxy) is 1. The van der Waals surface area contributed by atoms with E-state index in [-0.39, 0.29) is 17.7 Å². The molecule has 2 unspecified atom stereocenters. The van der Waals surface area contributed by atoms with Gasteiger partial charge in [-0.25, -0.2) is 0 Å². The van der Waals surface area contributed by atoms with Gasteiger partial charge in [-0.2, -0.15) is 0 Å². The number of hydrogen-bond donors (Lipinski definition) is 3. The van der Waals surface area contributed by atoms with Crippen molar-refractivity contribution in [2.75, 3.05) is 13.7 Å². The number of aliphatic carboxylic acids is 1. The van der Waals surface area contributed by atoms with Crippen molar-refractivity contribution >= 4 is 5.97 Å². The summed E-state index contributed by atoms with van der Waals surface area (Å²) in [6.45, 7) is 4.52. The number of methoxy groups -OCH3 is 1. The molecule has 1 aliphatic rings. The first kappa shape index (κ1) is 14.7. The van der Waals surface area contributed by atoms with E-state index in [4.69, 9.17) is 9.84 Å². The molecule has 0 saturated carbocycles. The van der Waals surface area contributed by atoms with Crippen LogP contribution >= 0.6 is 0 Å². The summed E-state index contributed by atoms with van der Waals surface area (Å²) in [6.07, 6.45) is 0.482. The summed E-state index contributed by atoms with van der Waals surface area (Å²) in [5.74, 6) is -0.432. The van der Waals surface area contributed by atoms with E-state index < -0.39 is 11.9 Å². The summed E-state index contributed by atoms with van der Waals surface area (Å²) in [5.41, 5.74) is 1.79. The predicted octanol–water partition coefficient (Wildman–Crippen LogP) is 2.26. The molecular formula is C15H21NO4. The molecule has 1 aromatic carbocycles. The van der Waals surface area contributed by atoms with Gasteiger partial charge in [0.2, 0.25) is 0 Å². The van der Waals surface area contributed by atoms with E-state index in [0.29, 0.717) is 18.7 Å². The van der Waals surface area contributed by atoms with Gasteiger partial charge in [0.25, 0.3) is 0 Å². The Morgan fingerprint density at radius 1 is 1.45 bits per heavy atom. The number of rotatable bonds is 4. The molecule has 1 aliphatic heterocycles. The Kier molecular flexibility index (Phi) is 4.18. The van der Waals surface area contributed by atoms with E-state index >= 15 is 0 Å². The molecule has 110 valence electrons. The molecule has 0 aromatic heterocycles. The third-order valence-electron chi connectivity index (χ3n) is 3.88. The Balaban J connectivity index is 2.41. The topological polar surface area (TPSA) is 78.8 Å². The second-order valence-corrected chi connectivity index (χ2v) is 5.51. The molecule has 1 aromatic rings. The minimum atomic E-state index is -0.798. The lowest BCUT2D eigenvalue weighted by atomic mass is 9.89. The van der Waals surface area contributed by atoms with Crippen molar-refractivity contribution in [1.82, 2.24) is 5.32 Å². The van der Waals surface area contributed by atoms with Crippen molar-refractivity contribution in [2.45, 2.75) is 32.2 Å². The van der Waals surface area contributed by atoms with Crippen LogP contribution in [0, 0.1) is 5.92 Å². The molecule has 2 rings (SSSR count). The maximum atomic E-state index is 11.1. The fourth-order valence-corrected chi connectivity index (χ4v) is 2.78. The highest BCUT2D eigenvalue weighted by Crippen LogP contribution is 2.42. The van der Waals surface area contributed by atoms with Gasteiger partial charge in [-0.15, -0.1) is 0 Å². The fourth-order valence-electron chi connectivity index (χ4n) is 2.78. The average Bonchev–Trinajstić information content (AvgIpc) is 2.87. The van der Waals surface area contributed by atoms with Crippen molar-refractivity contribution < 1.29 is 19.7 Å². The fraction of sp³-hybridized carbons (Fsp3) is 0.533. The van der Waals surface area contributed by atoms with Crippen LogP contribution in [0.5, 0.6) is 11.5 Å². The lowest BCUT2D eigenvalue weighted by Gasteiger charge is -2.21. The van der Waals surface area contributed by atoms with Gasteiger partial charge in [-0.05, 0) is 24.0 Å². The van der Waals surface area contributed by atoms with Gasteiger partial charge >= 0.3 is 5.97 Å². The monoisotopic (exact) mass is 279 g/mol. The number of nitrogens with one attached hydrogen (secondary N) is 1. The van der Waals surface area contributed by atoms with E-state index in [9.17, 15) is 9.90 Å². The van der Waals surface area contributed by atoms with Gasteiger partial charge in [0.15, 0.2) is 11.5 Å². The summed E-state index contributed by atoms with van der Waals surface area (Å²) in [7, 11) is 1.51. The second-order valence-electron chi connectivity index (χ2n) is 5.51. The first-order chi connectivity index (χ1) is 9.45. The molecule has 0 spiro atoms. The van der Waals surface area contributed by atoms with Gasteiger partial charge in [-0.1, -0.05) is 19.9 Å². The van der Waals surface area contributed by atoms with Gasteiger partial charge < -0.3 is 20.3 Å². The normalized spacial score (nSPS) is 22.2. The van der Waals surface area contributed by atoms with Gasteiger partial charge in [0, 0.05) is 18.2 Å². The summed E-state index contributed by atoms with van der Waals surface area (Å²) >= 11 is 0. The third kappa shape index (κ3) is 2.58. The van der Waals surface area contributed by atoms with Crippen LogP contribution in [0.4, 0.5) is 0 Å². The molecule has 2 atom stereocenters. The molecule has 0 aliphatic carbocycles. The van der Waals surface area contributed by atoms with E-state index in [0.717, 1.165) is 11.1 Å². The lowest BCUT2D eigenvalue weighted by Crippen LogP contribution is -2.18. The zero-order valence-corrected chi connectivity index (χ0v) is 12.0. The van der Waals surface area contributed by atoms with Crippen LogP contribution in [0.2, 0.25) is 0 Å². The van der Waals surface area contributed by atoms with Gasteiger partial charge in [0.05, 0.1) is 13.0 Å². The smallest absolute Gasteiger partial charge is 0.307 e. The number of benzene rings is 1. The van der Waals surface area contributed by atoms with Crippen LogP contribution < -0.4 is 10.1 Å². The van der Waals surface area contributed by atoms with Gasteiger partial charge in [0.1, 0.15) is 0 Å². The van der Waals surface area contributed by atoms with E-state index in [1.807, 2.05) is 19.9 Å². The number of carboxylic acid groups (broad SMARTS) is 1. The number of phenols is 1. The minimum Gasteiger partial charge on any atom is -0.504 e. The quantitative estimate of drug-likeness (QED) is 0.788. The Labute approximate surface area is 118 Å². The summed E-state index contributed by atoms with van der Waals surface area (Å²) in [4.78, 5) is 11.1. The minimum absolute atomic E-state index is 0.113. The lowest BCUT2D eigenvalue weighted by molar-refractivity contribution is -0.141. The van der Waals surface area contributed by atoms with Crippen molar-refractivity contribution in [1.29, 1.82) is 0 Å². The van der Waals surface area contributed by atoms with Crippen molar-refractivity contribution in [3.8, 4) is 11.5 Å². The zero-order valence-electron chi connectivity index (χ0n) is 12.0. The highest BCUT2D eigenvalue weighted by atomic mass is 16.5. The number of hydrogen-bond acceptors (Lipinski definition) is 4. The standard InChI is InChI=1S/C15H21NO4/c1-8(2)10-4-5-12(20-3)14(17)13(10)11-6-9(7-16-11)15(18)19/h4-5,8-9,11,16-17H,6-7H2,1-3H3,(H,18,19). The summed E-state index contributed by atoms with van der Waals surface area (Å²) in [6, 6.07) is 3.54. The highest BCUT2D eigenvalue weighted by Gasteiger charge is 2.33. The SMILES string of the molecule is COc1ccc(C(C)C)c(C2CC(C(=O)O)CN2)c1O. The van der Waals surface area contributed by atoms with Crippen LogP contribution in [0.1, 0.15) is 43.4 Å². The largest absolute Gasteiger partial charge is 0.504 e. The van der Waals surface area contributed by atoms with Crippen LogP contribution in [-0.4, -0.2) is 29.8 Å². The first-order valence-corrected chi connectivity index (χ1v) is 6.81. The molecule has 5 nitrogen and oxygen atoms in total. The number of phenolic OH excluding ortho intramolecular Hbond substituents is 1. The Morgan fingerprint density at radius 3 is 2.65 bits per heavy atom. The van der Waals surface area contributed by atoms with Gasteiger partial charge in [-0.3, -0.25) is 4.79 Å². The molecule has 0 bridgehead atoms. The van der Waals surface area contributed by atoms with Crippen LogP contribution in [-0.2, 0) is 4.79 Å². The molecule has 5 heteroatoms. The van der Waals surface area contributed by atoms with E-state index in [1.54, 1.807) is 6.07 Å². The molecular weight excluding hydrogens is 258 g/mol. The second kappa shape index (κ2) is 5.71. The first-order valence-electron chi connectivity index (χ1n) is 6.81. The third-order valence-corrected chi connectivity index (χ3v) is 3.88. The number of aromatic hydroxyl groups is 1. The van der Waals surface area contributed by atoms with E-state index in [1.165, 1.54) is 7.11 Å². The summed E-state index contributed by atoms with van der Waals surface area (Å²) in [5, 5.41) is 22.7. The Bertz CT molecular complexity index is 513. The highest BCUT2D eigenvalue weighted by molar-refractivity contribution is 5.71. The molecule has 0 amide bonds. The number of carboxylic acids is 1. The number of carbonyl (C=O) groups is 1. The maximum absolute atomic E-state index is 11.1. The molecule has 3 N–H and O–H groups in total. The van der Waals surface area contributed by atoms with E-state index in [2.05, 4.69) is 5.32 Å². The average molecular weight is 279 g/mol. The molecule has 20 heavy (non-hydrogen) atoms. The Hall–Kier alpha value is -1.75. The molecule has 0 radical (unpaired) electrons.